The topological polar surface area (TPSA) is 80.1 Å². The number of nitrogens with two attached hydrogens (primary N) is 1. The molecule has 5 heteroatoms. The van der Waals surface area contributed by atoms with Gasteiger partial charge in [0.25, 0.3) is 0 Å². The fourth-order valence-electron chi connectivity index (χ4n) is 3.81. The Labute approximate surface area is 163 Å². The van der Waals surface area contributed by atoms with Crippen LogP contribution < -0.4 is 5.73 Å². The first kappa shape index (κ1) is 16.7. The van der Waals surface area contributed by atoms with Crippen LogP contribution in [0, 0.1) is 5.41 Å². The maximum Gasteiger partial charge on any atom is 0.150 e. The number of hydrogen-bond donors (Lipinski definition) is 2. The maximum atomic E-state index is 8.45. The third-order valence-corrected chi connectivity index (χ3v) is 5.59. The Balaban J connectivity index is 1.56. The molecule has 4 aromatic rings. The third-order valence-electron chi connectivity index (χ3n) is 5.59. The van der Waals surface area contributed by atoms with Gasteiger partial charge in [-0.25, -0.2) is 9.97 Å². The molecule has 0 saturated heterocycles. The molecule has 2 aromatic heterocycles. The van der Waals surface area contributed by atoms with Crippen molar-refractivity contribution in [2.75, 3.05) is 5.73 Å². The van der Waals surface area contributed by atoms with Crippen LogP contribution in [-0.4, -0.2) is 20.1 Å². The number of nitrogens with one attached hydrogen (secondary N) is 1. The highest BCUT2D eigenvalue weighted by Crippen LogP contribution is 2.39. The van der Waals surface area contributed by atoms with E-state index in [0.717, 1.165) is 33.7 Å². The minimum atomic E-state index is 0.494. The van der Waals surface area contributed by atoms with Gasteiger partial charge < -0.3 is 5.73 Å². The normalized spacial score (nSPS) is 14.1. The second-order valence-corrected chi connectivity index (χ2v) is 7.30. The number of imidazole rings is 1. The highest BCUT2D eigenvalue weighted by atomic mass is 15.1. The molecule has 1 saturated carbocycles. The highest BCUT2D eigenvalue weighted by Gasteiger charge is 2.26. The molecule has 0 aliphatic heterocycles. The summed E-state index contributed by atoms with van der Waals surface area (Å²) in [6, 6.07) is 17.8. The Hall–Kier alpha value is -3.47. The van der Waals surface area contributed by atoms with Crippen LogP contribution in [0.2, 0.25) is 0 Å². The summed E-state index contributed by atoms with van der Waals surface area (Å²) in [5.74, 6) is 2.07. The zero-order valence-corrected chi connectivity index (χ0v) is 15.5. The average Bonchev–Trinajstić information content (AvgIpc) is 3.07. The van der Waals surface area contributed by atoms with E-state index in [1.54, 1.807) is 6.20 Å². The Morgan fingerprint density at radius 2 is 1.71 bits per heavy atom. The van der Waals surface area contributed by atoms with Crippen molar-refractivity contribution in [3.63, 3.8) is 0 Å². The SMILES string of the molecule is N=C(c1ccccc1)c1ccc(-c2nc(C3CCC3)n3ccnc(N)c23)cc1. The molecule has 5 nitrogen and oxygen atoms in total. The monoisotopic (exact) mass is 367 g/mol. The van der Waals surface area contributed by atoms with Crippen LogP contribution >= 0.6 is 0 Å². The molecule has 28 heavy (non-hydrogen) atoms. The molecule has 0 amide bonds. The first-order chi connectivity index (χ1) is 13.7. The number of benzene rings is 2. The molecule has 1 fully saturated rings. The van der Waals surface area contributed by atoms with E-state index in [1.807, 2.05) is 60.8 Å². The lowest BCUT2D eigenvalue weighted by Crippen LogP contribution is -2.12. The summed E-state index contributed by atoms with van der Waals surface area (Å²) in [7, 11) is 0. The van der Waals surface area contributed by atoms with E-state index < -0.39 is 0 Å². The van der Waals surface area contributed by atoms with Crippen molar-refractivity contribution in [3.05, 3.63) is 83.9 Å². The van der Waals surface area contributed by atoms with Gasteiger partial charge in [-0.2, -0.15) is 0 Å². The Bertz CT molecular complexity index is 1160. The van der Waals surface area contributed by atoms with Crippen LogP contribution in [0.1, 0.15) is 42.1 Å². The van der Waals surface area contributed by atoms with Crippen molar-refractivity contribution in [2.45, 2.75) is 25.2 Å². The molecule has 1 aliphatic carbocycles. The molecule has 1 aliphatic rings. The van der Waals surface area contributed by atoms with Gasteiger partial charge in [-0.1, -0.05) is 61.0 Å². The van der Waals surface area contributed by atoms with E-state index in [4.69, 9.17) is 16.1 Å². The number of fused-ring (bicyclic) bond motifs is 1. The zero-order valence-electron chi connectivity index (χ0n) is 15.5. The van der Waals surface area contributed by atoms with Gasteiger partial charge in [0.05, 0.1) is 5.71 Å². The maximum absolute atomic E-state index is 8.45. The van der Waals surface area contributed by atoms with Crippen molar-refractivity contribution in [1.82, 2.24) is 14.4 Å². The van der Waals surface area contributed by atoms with Gasteiger partial charge in [0.1, 0.15) is 22.9 Å². The van der Waals surface area contributed by atoms with Gasteiger partial charge in [-0.05, 0) is 18.4 Å². The largest absolute Gasteiger partial charge is 0.382 e. The van der Waals surface area contributed by atoms with Crippen LogP contribution in [0.25, 0.3) is 16.8 Å². The van der Waals surface area contributed by atoms with Gasteiger partial charge in [-0.3, -0.25) is 9.81 Å². The van der Waals surface area contributed by atoms with Gasteiger partial charge in [0, 0.05) is 29.4 Å². The molecule has 0 atom stereocenters. The summed E-state index contributed by atoms with van der Waals surface area (Å²) >= 11 is 0. The standard InChI is InChI=1S/C23H21N5/c24-19(15-5-2-1-3-6-15)16-9-11-17(12-10-16)20-21-22(25)26-13-14-28(21)23(27-20)18-7-4-8-18/h1-3,5-6,9-14,18,24H,4,7-8H2,(H2,25,26). The fourth-order valence-corrected chi connectivity index (χ4v) is 3.81. The molecule has 0 unspecified atom stereocenters. The summed E-state index contributed by atoms with van der Waals surface area (Å²) < 4.78 is 2.10. The molecular formula is C23H21N5. The van der Waals surface area contributed by atoms with Crippen molar-refractivity contribution < 1.29 is 0 Å². The van der Waals surface area contributed by atoms with E-state index in [0.29, 0.717) is 17.4 Å². The van der Waals surface area contributed by atoms with Gasteiger partial charge in [-0.15, -0.1) is 0 Å². The van der Waals surface area contributed by atoms with E-state index in [1.165, 1.54) is 19.3 Å². The molecule has 2 aromatic carbocycles. The summed E-state index contributed by atoms with van der Waals surface area (Å²) in [4.78, 5) is 9.24. The second kappa shape index (κ2) is 6.60. The quantitative estimate of drug-likeness (QED) is 0.515. The number of nitrogen functional groups attached to an aromatic ring is 1. The van der Waals surface area contributed by atoms with Crippen molar-refractivity contribution in [3.8, 4) is 11.3 Å². The third kappa shape index (κ3) is 2.67. The van der Waals surface area contributed by atoms with Gasteiger partial charge in [0.2, 0.25) is 0 Å². The number of aromatic nitrogens is 3. The molecule has 0 radical (unpaired) electrons. The summed E-state index contributed by atoms with van der Waals surface area (Å²) in [5.41, 5.74) is 11.2. The lowest BCUT2D eigenvalue weighted by molar-refractivity contribution is 0.400. The number of nitrogens with zero attached hydrogens (tertiary/aromatic N) is 3. The van der Waals surface area contributed by atoms with Crippen LogP contribution in [0.3, 0.4) is 0 Å². The smallest absolute Gasteiger partial charge is 0.150 e. The Morgan fingerprint density at radius 3 is 2.39 bits per heavy atom. The molecule has 2 heterocycles. The molecule has 138 valence electrons. The van der Waals surface area contributed by atoms with Crippen molar-refractivity contribution in [2.24, 2.45) is 0 Å². The number of hydrogen-bond acceptors (Lipinski definition) is 4. The summed E-state index contributed by atoms with van der Waals surface area (Å²) in [5, 5.41) is 8.45. The average molecular weight is 367 g/mol. The van der Waals surface area contributed by atoms with Crippen LogP contribution in [0.4, 0.5) is 5.82 Å². The number of anilines is 1. The minimum Gasteiger partial charge on any atom is -0.382 e. The van der Waals surface area contributed by atoms with Crippen molar-refractivity contribution >= 4 is 17.0 Å². The molecule has 5 rings (SSSR count). The Kier molecular flexibility index (Phi) is 3.93. The first-order valence-corrected chi connectivity index (χ1v) is 9.59. The Morgan fingerprint density at radius 1 is 1.00 bits per heavy atom. The van der Waals surface area contributed by atoms with Gasteiger partial charge in [0.15, 0.2) is 0 Å². The van der Waals surface area contributed by atoms with E-state index >= 15 is 0 Å². The minimum absolute atomic E-state index is 0.494. The van der Waals surface area contributed by atoms with Gasteiger partial charge >= 0.3 is 0 Å². The van der Waals surface area contributed by atoms with Crippen LogP contribution in [0.5, 0.6) is 0 Å². The lowest BCUT2D eigenvalue weighted by atomic mass is 9.85. The highest BCUT2D eigenvalue weighted by molar-refractivity contribution is 6.11. The lowest BCUT2D eigenvalue weighted by Gasteiger charge is -2.23. The molecule has 3 N–H and O–H groups in total. The summed E-state index contributed by atoms with van der Waals surface area (Å²) in [6.07, 6.45) is 7.29. The van der Waals surface area contributed by atoms with Crippen LogP contribution in [-0.2, 0) is 0 Å². The van der Waals surface area contributed by atoms with E-state index in [-0.39, 0.29) is 0 Å². The van der Waals surface area contributed by atoms with Crippen molar-refractivity contribution in [1.29, 1.82) is 5.41 Å². The molecule has 0 spiro atoms. The predicted molar refractivity (Wildman–Crippen MR) is 112 cm³/mol. The molecule has 0 bridgehead atoms. The number of rotatable bonds is 4. The first-order valence-electron chi connectivity index (χ1n) is 9.59. The zero-order chi connectivity index (χ0) is 19.1. The van der Waals surface area contributed by atoms with E-state index in [2.05, 4.69) is 9.38 Å². The second-order valence-electron chi connectivity index (χ2n) is 7.30. The van der Waals surface area contributed by atoms with E-state index in [9.17, 15) is 0 Å². The van der Waals surface area contributed by atoms with Crippen LogP contribution in [0.15, 0.2) is 67.0 Å². The molecular weight excluding hydrogens is 346 g/mol. The fraction of sp³-hybridized carbons (Fsp3) is 0.174. The predicted octanol–water partition coefficient (Wildman–Crippen LogP) is 4.66. The summed E-state index contributed by atoms with van der Waals surface area (Å²) in [6.45, 7) is 0.